The van der Waals surface area contributed by atoms with Crippen molar-refractivity contribution in [3.8, 4) is 0 Å². The van der Waals surface area contributed by atoms with Gasteiger partial charge in [0.1, 0.15) is 0 Å². The molecule has 1 aromatic heterocycles. The smallest absolute Gasteiger partial charge is 0.223 e. The van der Waals surface area contributed by atoms with E-state index in [1.807, 2.05) is 0 Å². The number of nitrogens with zero attached hydrogens (tertiary/aromatic N) is 5. The van der Waals surface area contributed by atoms with Gasteiger partial charge in [-0.25, -0.2) is 0 Å². The number of hydrogen-bond donors (Lipinski definition) is 1. The summed E-state index contributed by atoms with van der Waals surface area (Å²) in [5.74, 6) is 2.31. The first kappa shape index (κ1) is 23.3. The van der Waals surface area contributed by atoms with Gasteiger partial charge in [0.25, 0.3) is 0 Å². The summed E-state index contributed by atoms with van der Waals surface area (Å²) in [6.07, 6.45) is 11.9. The van der Waals surface area contributed by atoms with E-state index in [0.717, 1.165) is 76.2 Å². The molecule has 1 amide bonds. The van der Waals surface area contributed by atoms with Crippen LogP contribution >= 0.6 is 0 Å². The first-order valence-corrected chi connectivity index (χ1v) is 13.1. The number of aromatic nitrogens is 2. The number of carbonyl (C=O) groups is 1. The molecule has 0 aromatic carbocycles. The maximum Gasteiger partial charge on any atom is 0.223 e. The van der Waals surface area contributed by atoms with E-state index in [1.54, 1.807) is 0 Å². The average molecular weight is 443 g/mol. The summed E-state index contributed by atoms with van der Waals surface area (Å²) in [6, 6.07) is 4.96. The number of nitrogens with one attached hydrogen (secondary N) is 1. The molecule has 4 heterocycles. The lowest BCUT2D eigenvalue weighted by Gasteiger charge is -2.35. The molecular formula is C25H42N6O. The number of amides is 1. The van der Waals surface area contributed by atoms with Crippen LogP contribution in [0.1, 0.15) is 71.1 Å². The number of rotatable bonds is 8. The van der Waals surface area contributed by atoms with Gasteiger partial charge in [-0.2, -0.15) is 0 Å². The molecule has 3 aliphatic heterocycles. The predicted molar refractivity (Wildman–Crippen MR) is 130 cm³/mol. The second kappa shape index (κ2) is 11.8. The molecule has 1 aromatic rings. The largest absolute Gasteiger partial charge is 0.356 e. The molecule has 1 atom stereocenters. The first-order chi connectivity index (χ1) is 15.7. The molecule has 4 rings (SSSR count). The minimum Gasteiger partial charge on any atom is -0.356 e. The zero-order valence-electron chi connectivity index (χ0n) is 20.0. The second-order valence-electron chi connectivity index (χ2n) is 9.80. The van der Waals surface area contributed by atoms with Gasteiger partial charge in [-0.05, 0) is 76.5 Å². The van der Waals surface area contributed by atoms with Crippen LogP contribution in [0, 0.1) is 5.92 Å². The third-order valence-electron chi connectivity index (χ3n) is 7.65. The normalized spacial score (nSPS) is 23.3. The van der Waals surface area contributed by atoms with Crippen molar-refractivity contribution in [3.63, 3.8) is 0 Å². The van der Waals surface area contributed by atoms with E-state index in [1.165, 1.54) is 51.5 Å². The molecular weight excluding hydrogens is 400 g/mol. The van der Waals surface area contributed by atoms with Gasteiger partial charge < -0.3 is 20.0 Å². The summed E-state index contributed by atoms with van der Waals surface area (Å²) in [5.41, 5.74) is 0. The lowest BCUT2D eigenvalue weighted by Crippen LogP contribution is -2.43. The number of likely N-dealkylation sites (tertiary alicyclic amines) is 1. The van der Waals surface area contributed by atoms with Crippen molar-refractivity contribution in [2.75, 3.05) is 55.6 Å². The third kappa shape index (κ3) is 6.12. The van der Waals surface area contributed by atoms with Crippen molar-refractivity contribution in [1.82, 2.24) is 20.4 Å². The van der Waals surface area contributed by atoms with E-state index in [0.29, 0.717) is 0 Å². The Bertz CT molecular complexity index is 697. The van der Waals surface area contributed by atoms with Gasteiger partial charge in [0, 0.05) is 51.2 Å². The van der Waals surface area contributed by atoms with Gasteiger partial charge >= 0.3 is 0 Å². The van der Waals surface area contributed by atoms with Crippen molar-refractivity contribution in [3.05, 3.63) is 12.1 Å². The summed E-state index contributed by atoms with van der Waals surface area (Å²) in [7, 11) is 0. The average Bonchev–Trinajstić information content (AvgIpc) is 2.87. The first-order valence-electron chi connectivity index (χ1n) is 13.1. The van der Waals surface area contributed by atoms with E-state index in [4.69, 9.17) is 0 Å². The van der Waals surface area contributed by atoms with Crippen LogP contribution in [0.3, 0.4) is 0 Å². The Balaban J connectivity index is 1.15. The number of piperidine rings is 3. The van der Waals surface area contributed by atoms with Crippen molar-refractivity contribution in [2.45, 2.75) is 77.2 Å². The Morgan fingerprint density at radius 1 is 0.906 bits per heavy atom. The van der Waals surface area contributed by atoms with Crippen LogP contribution in [0.25, 0.3) is 0 Å². The second-order valence-corrected chi connectivity index (χ2v) is 9.80. The van der Waals surface area contributed by atoms with Crippen molar-refractivity contribution < 1.29 is 4.79 Å². The molecule has 3 aliphatic rings. The molecule has 1 N–H and O–H groups in total. The molecule has 0 saturated carbocycles. The third-order valence-corrected chi connectivity index (χ3v) is 7.65. The Morgan fingerprint density at radius 3 is 2.22 bits per heavy atom. The van der Waals surface area contributed by atoms with Gasteiger partial charge in [0.05, 0.1) is 0 Å². The van der Waals surface area contributed by atoms with E-state index in [-0.39, 0.29) is 11.8 Å². The fourth-order valence-electron chi connectivity index (χ4n) is 5.60. The van der Waals surface area contributed by atoms with Crippen molar-refractivity contribution in [2.24, 2.45) is 5.92 Å². The van der Waals surface area contributed by atoms with Crippen LogP contribution in [0.5, 0.6) is 0 Å². The molecule has 3 saturated heterocycles. The Hall–Kier alpha value is -1.89. The van der Waals surface area contributed by atoms with E-state index >= 15 is 0 Å². The SMILES string of the molecule is CCC1CCCCN1CCCNC(=O)C1CCN(c2ccc(N3CCCCC3)nn2)CC1. The molecule has 1 unspecified atom stereocenters. The fraction of sp³-hybridized carbons (Fsp3) is 0.800. The number of anilines is 2. The highest BCUT2D eigenvalue weighted by atomic mass is 16.1. The van der Waals surface area contributed by atoms with Crippen LogP contribution in [0.15, 0.2) is 12.1 Å². The molecule has 32 heavy (non-hydrogen) atoms. The summed E-state index contributed by atoms with van der Waals surface area (Å²) in [4.78, 5) is 19.9. The highest BCUT2D eigenvalue weighted by Gasteiger charge is 2.26. The summed E-state index contributed by atoms with van der Waals surface area (Å²) in [5, 5.41) is 12.2. The van der Waals surface area contributed by atoms with E-state index in [9.17, 15) is 4.79 Å². The summed E-state index contributed by atoms with van der Waals surface area (Å²) in [6.45, 7) is 9.37. The molecule has 0 spiro atoms. The van der Waals surface area contributed by atoms with Crippen LogP contribution in [-0.4, -0.2) is 72.9 Å². The minimum absolute atomic E-state index is 0.130. The number of carbonyl (C=O) groups excluding carboxylic acids is 1. The highest BCUT2D eigenvalue weighted by Crippen LogP contribution is 2.24. The van der Waals surface area contributed by atoms with Gasteiger partial charge in [0.2, 0.25) is 5.91 Å². The summed E-state index contributed by atoms with van der Waals surface area (Å²) < 4.78 is 0. The fourth-order valence-corrected chi connectivity index (χ4v) is 5.60. The molecule has 0 aliphatic carbocycles. The standard InChI is InChI=1S/C25H42N6O/c1-2-22-9-4-7-15-29(22)18-8-14-26-25(32)21-12-19-31(20-13-21)24-11-10-23(27-28-24)30-16-5-3-6-17-30/h10-11,21-22H,2-9,12-20H2,1H3,(H,26,32). The van der Waals surface area contributed by atoms with Gasteiger partial charge in [-0.15, -0.1) is 10.2 Å². The topological polar surface area (TPSA) is 64.6 Å². The maximum atomic E-state index is 12.7. The maximum absolute atomic E-state index is 12.7. The van der Waals surface area contributed by atoms with Crippen LogP contribution in [0.4, 0.5) is 11.6 Å². The van der Waals surface area contributed by atoms with Crippen LogP contribution < -0.4 is 15.1 Å². The van der Waals surface area contributed by atoms with Crippen molar-refractivity contribution >= 4 is 17.5 Å². The van der Waals surface area contributed by atoms with Gasteiger partial charge in [-0.1, -0.05) is 13.3 Å². The lowest BCUT2D eigenvalue weighted by atomic mass is 9.96. The Morgan fingerprint density at radius 2 is 1.56 bits per heavy atom. The molecule has 0 bridgehead atoms. The van der Waals surface area contributed by atoms with Gasteiger partial charge in [0.15, 0.2) is 11.6 Å². The van der Waals surface area contributed by atoms with Crippen molar-refractivity contribution in [1.29, 1.82) is 0 Å². The number of hydrogen-bond acceptors (Lipinski definition) is 6. The summed E-state index contributed by atoms with van der Waals surface area (Å²) >= 11 is 0. The highest BCUT2D eigenvalue weighted by molar-refractivity contribution is 5.78. The lowest BCUT2D eigenvalue weighted by molar-refractivity contribution is -0.125. The monoisotopic (exact) mass is 442 g/mol. The molecule has 7 heteroatoms. The Labute approximate surface area is 193 Å². The minimum atomic E-state index is 0.130. The van der Waals surface area contributed by atoms with Gasteiger partial charge in [-0.3, -0.25) is 4.79 Å². The van der Waals surface area contributed by atoms with E-state index in [2.05, 4.69) is 49.3 Å². The van der Waals surface area contributed by atoms with E-state index < -0.39 is 0 Å². The quantitative estimate of drug-likeness (QED) is 0.622. The molecule has 178 valence electrons. The zero-order valence-corrected chi connectivity index (χ0v) is 20.0. The molecule has 0 radical (unpaired) electrons. The molecule has 3 fully saturated rings. The Kier molecular flexibility index (Phi) is 8.60. The van der Waals surface area contributed by atoms with Crippen LogP contribution in [0.2, 0.25) is 0 Å². The molecule has 7 nitrogen and oxygen atoms in total. The zero-order chi connectivity index (χ0) is 22.2. The predicted octanol–water partition coefficient (Wildman–Crippen LogP) is 3.45. The van der Waals surface area contributed by atoms with Crippen LogP contribution in [-0.2, 0) is 4.79 Å².